The Balaban J connectivity index is 1.89. The van der Waals surface area contributed by atoms with Gasteiger partial charge in [0.05, 0.1) is 17.4 Å². The predicted octanol–water partition coefficient (Wildman–Crippen LogP) is 0.876. The molecular formula is C12H16N2O3. The normalized spacial score (nSPS) is 19.2. The van der Waals surface area contributed by atoms with Gasteiger partial charge in [-0.1, -0.05) is 0 Å². The zero-order chi connectivity index (χ0) is 12.1. The number of esters is 1. The van der Waals surface area contributed by atoms with Crippen LogP contribution in [0.25, 0.3) is 0 Å². The zero-order valence-corrected chi connectivity index (χ0v) is 9.59. The second-order valence-electron chi connectivity index (χ2n) is 3.97. The third-order valence-corrected chi connectivity index (χ3v) is 2.69. The molecule has 1 atom stereocenters. The van der Waals surface area contributed by atoms with E-state index in [0.29, 0.717) is 24.4 Å². The molecule has 2 heterocycles. The molecule has 0 aromatic carbocycles. The van der Waals surface area contributed by atoms with Gasteiger partial charge in [-0.05, 0) is 25.0 Å². The summed E-state index contributed by atoms with van der Waals surface area (Å²) in [6.45, 7) is 1.39. The third kappa shape index (κ3) is 3.25. The van der Waals surface area contributed by atoms with Gasteiger partial charge in [0.2, 0.25) is 0 Å². The van der Waals surface area contributed by atoms with Crippen molar-refractivity contribution in [1.82, 2.24) is 4.98 Å². The second kappa shape index (κ2) is 5.75. The average Bonchev–Trinajstić information content (AvgIpc) is 2.89. The highest BCUT2D eigenvalue weighted by Crippen LogP contribution is 2.13. The Labute approximate surface area is 99.9 Å². The van der Waals surface area contributed by atoms with E-state index in [0.717, 1.165) is 19.4 Å². The van der Waals surface area contributed by atoms with Crippen LogP contribution in [0.3, 0.4) is 0 Å². The molecule has 5 heteroatoms. The molecule has 2 rings (SSSR count). The molecule has 1 aromatic heterocycles. The standard InChI is InChI=1S/C12H16N2O3/c13-7-10-6-9(3-4-14-10)12(15)17-8-11-2-1-5-16-11/h3-4,6,11H,1-2,5,7-8,13H2. The lowest BCUT2D eigenvalue weighted by molar-refractivity contribution is 0.0161. The number of ether oxygens (including phenoxy) is 2. The van der Waals surface area contributed by atoms with Gasteiger partial charge in [0.1, 0.15) is 6.61 Å². The van der Waals surface area contributed by atoms with Crippen molar-refractivity contribution in [2.45, 2.75) is 25.5 Å². The topological polar surface area (TPSA) is 74.4 Å². The van der Waals surface area contributed by atoms with Crippen LogP contribution < -0.4 is 5.73 Å². The molecule has 5 nitrogen and oxygen atoms in total. The minimum Gasteiger partial charge on any atom is -0.459 e. The smallest absolute Gasteiger partial charge is 0.338 e. The summed E-state index contributed by atoms with van der Waals surface area (Å²) in [7, 11) is 0. The van der Waals surface area contributed by atoms with Gasteiger partial charge in [-0.25, -0.2) is 4.79 Å². The zero-order valence-electron chi connectivity index (χ0n) is 9.59. The molecule has 1 aliphatic rings. The summed E-state index contributed by atoms with van der Waals surface area (Å²) in [6, 6.07) is 3.27. The summed E-state index contributed by atoms with van der Waals surface area (Å²) in [5, 5.41) is 0. The number of rotatable bonds is 4. The van der Waals surface area contributed by atoms with E-state index in [1.807, 2.05) is 0 Å². The molecule has 0 bridgehead atoms. The van der Waals surface area contributed by atoms with Crippen LogP contribution in [-0.2, 0) is 16.0 Å². The Hall–Kier alpha value is -1.46. The molecule has 1 saturated heterocycles. The van der Waals surface area contributed by atoms with E-state index in [9.17, 15) is 4.79 Å². The molecule has 0 spiro atoms. The summed E-state index contributed by atoms with van der Waals surface area (Å²) >= 11 is 0. The van der Waals surface area contributed by atoms with E-state index in [-0.39, 0.29) is 12.1 Å². The van der Waals surface area contributed by atoms with Crippen molar-refractivity contribution in [2.24, 2.45) is 5.73 Å². The van der Waals surface area contributed by atoms with E-state index in [4.69, 9.17) is 15.2 Å². The monoisotopic (exact) mass is 236 g/mol. The Bertz CT molecular complexity index is 389. The van der Waals surface area contributed by atoms with Gasteiger partial charge in [-0.3, -0.25) is 4.98 Å². The Morgan fingerprint density at radius 3 is 3.24 bits per heavy atom. The number of pyridine rings is 1. The van der Waals surface area contributed by atoms with Crippen molar-refractivity contribution < 1.29 is 14.3 Å². The molecule has 0 saturated carbocycles. The molecule has 0 aliphatic carbocycles. The van der Waals surface area contributed by atoms with Crippen LogP contribution in [0.1, 0.15) is 28.9 Å². The minimum atomic E-state index is -0.349. The van der Waals surface area contributed by atoms with Gasteiger partial charge in [-0.15, -0.1) is 0 Å². The van der Waals surface area contributed by atoms with E-state index < -0.39 is 0 Å². The number of nitrogens with two attached hydrogens (primary N) is 1. The van der Waals surface area contributed by atoms with Gasteiger partial charge in [0.15, 0.2) is 0 Å². The highest BCUT2D eigenvalue weighted by molar-refractivity contribution is 5.89. The summed E-state index contributed by atoms with van der Waals surface area (Å²) in [5.41, 5.74) is 6.62. The Kier molecular flexibility index (Phi) is 4.06. The fourth-order valence-electron chi connectivity index (χ4n) is 1.74. The van der Waals surface area contributed by atoms with Crippen molar-refractivity contribution in [3.05, 3.63) is 29.6 Å². The molecule has 1 unspecified atom stereocenters. The Morgan fingerprint density at radius 1 is 1.65 bits per heavy atom. The largest absolute Gasteiger partial charge is 0.459 e. The van der Waals surface area contributed by atoms with Gasteiger partial charge in [-0.2, -0.15) is 0 Å². The van der Waals surface area contributed by atoms with Gasteiger partial charge in [0, 0.05) is 19.3 Å². The van der Waals surface area contributed by atoms with Crippen LogP contribution in [0, 0.1) is 0 Å². The number of hydrogen-bond donors (Lipinski definition) is 1. The van der Waals surface area contributed by atoms with Crippen molar-refractivity contribution >= 4 is 5.97 Å². The van der Waals surface area contributed by atoms with Gasteiger partial charge >= 0.3 is 5.97 Å². The summed E-state index contributed by atoms with van der Waals surface area (Å²) in [5.74, 6) is -0.349. The molecule has 0 amide bonds. The maximum atomic E-state index is 11.7. The average molecular weight is 236 g/mol. The van der Waals surface area contributed by atoms with E-state index in [1.165, 1.54) is 0 Å². The van der Waals surface area contributed by atoms with Crippen molar-refractivity contribution in [1.29, 1.82) is 0 Å². The first-order chi connectivity index (χ1) is 8.29. The quantitative estimate of drug-likeness (QED) is 0.785. The number of hydrogen-bond acceptors (Lipinski definition) is 5. The van der Waals surface area contributed by atoms with Crippen LogP contribution in [0.4, 0.5) is 0 Å². The summed E-state index contributed by atoms with van der Waals surface area (Å²) in [4.78, 5) is 15.7. The van der Waals surface area contributed by atoms with E-state index >= 15 is 0 Å². The maximum absolute atomic E-state index is 11.7. The van der Waals surface area contributed by atoms with Crippen molar-refractivity contribution in [2.75, 3.05) is 13.2 Å². The summed E-state index contributed by atoms with van der Waals surface area (Å²) in [6.07, 6.45) is 3.60. The first-order valence-corrected chi connectivity index (χ1v) is 5.73. The van der Waals surface area contributed by atoms with Crippen LogP contribution in [0.5, 0.6) is 0 Å². The minimum absolute atomic E-state index is 0.0507. The molecule has 92 valence electrons. The molecule has 1 aliphatic heterocycles. The fraction of sp³-hybridized carbons (Fsp3) is 0.500. The lowest BCUT2D eigenvalue weighted by Crippen LogP contribution is -2.18. The maximum Gasteiger partial charge on any atom is 0.338 e. The van der Waals surface area contributed by atoms with Gasteiger partial charge in [0.25, 0.3) is 0 Å². The summed E-state index contributed by atoms with van der Waals surface area (Å²) < 4.78 is 10.6. The fourth-order valence-corrected chi connectivity index (χ4v) is 1.74. The molecule has 1 fully saturated rings. The molecular weight excluding hydrogens is 220 g/mol. The second-order valence-corrected chi connectivity index (χ2v) is 3.97. The van der Waals surface area contributed by atoms with Crippen LogP contribution in [-0.4, -0.2) is 30.3 Å². The SMILES string of the molecule is NCc1cc(C(=O)OCC2CCCO2)ccn1. The van der Waals surface area contributed by atoms with Crippen molar-refractivity contribution in [3.8, 4) is 0 Å². The lowest BCUT2D eigenvalue weighted by Gasteiger charge is -2.10. The van der Waals surface area contributed by atoms with Crippen LogP contribution in [0.15, 0.2) is 18.3 Å². The first-order valence-electron chi connectivity index (χ1n) is 5.73. The molecule has 2 N–H and O–H groups in total. The molecule has 1 aromatic rings. The number of carbonyl (C=O) groups is 1. The number of carbonyl (C=O) groups excluding carboxylic acids is 1. The van der Waals surface area contributed by atoms with E-state index in [2.05, 4.69) is 4.98 Å². The number of aromatic nitrogens is 1. The highest BCUT2D eigenvalue weighted by atomic mass is 16.6. The number of nitrogens with zero attached hydrogens (tertiary/aromatic N) is 1. The highest BCUT2D eigenvalue weighted by Gasteiger charge is 2.18. The van der Waals surface area contributed by atoms with E-state index in [1.54, 1.807) is 18.3 Å². The molecule has 0 radical (unpaired) electrons. The van der Waals surface area contributed by atoms with Gasteiger partial charge < -0.3 is 15.2 Å². The van der Waals surface area contributed by atoms with Crippen LogP contribution in [0.2, 0.25) is 0 Å². The van der Waals surface area contributed by atoms with Crippen LogP contribution >= 0.6 is 0 Å². The van der Waals surface area contributed by atoms with Crippen molar-refractivity contribution in [3.63, 3.8) is 0 Å². The third-order valence-electron chi connectivity index (χ3n) is 2.69. The lowest BCUT2D eigenvalue weighted by atomic mass is 10.2. The first kappa shape index (κ1) is 12.0. The predicted molar refractivity (Wildman–Crippen MR) is 61.4 cm³/mol. The Morgan fingerprint density at radius 2 is 2.53 bits per heavy atom. The molecule has 17 heavy (non-hydrogen) atoms.